The fourth-order valence-electron chi connectivity index (χ4n) is 3.12. The van der Waals surface area contributed by atoms with Gasteiger partial charge >= 0.3 is 0 Å². The van der Waals surface area contributed by atoms with Crippen LogP contribution in [0.5, 0.6) is 5.75 Å². The van der Waals surface area contributed by atoms with E-state index in [2.05, 4.69) is 24.1 Å². The summed E-state index contributed by atoms with van der Waals surface area (Å²) in [4.78, 5) is 2.43. The van der Waals surface area contributed by atoms with Gasteiger partial charge in [0.25, 0.3) is 0 Å². The minimum Gasteiger partial charge on any atom is -0.489 e. The molecule has 1 aliphatic rings. The molecule has 1 unspecified atom stereocenters. The summed E-state index contributed by atoms with van der Waals surface area (Å²) in [7, 11) is 0. The molecule has 1 aromatic carbocycles. The van der Waals surface area contributed by atoms with Crippen LogP contribution < -0.4 is 10.1 Å². The van der Waals surface area contributed by atoms with Crippen molar-refractivity contribution in [2.45, 2.75) is 33.2 Å². The minimum absolute atomic E-state index is 0.163. The molecule has 3 nitrogen and oxygen atoms in total. The Labute approximate surface area is 137 Å². The van der Waals surface area contributed by atoms with Crippen LogP contribution in [0.25, 0.3) is 0 Å². The predicted octanol–water partition coefficient (Wildman–Crippen LogP) is 3.87. The van der Waals surface area contributed by atoms with Crippen molar-refractivity contribution in [1.29, 1.82) is 0 Å². The maximum Gasteiger partial charge on any atom is 0.173 e. The summed E-state index contributed by atoms with van der Waals surface area (Å²) in [5.74, 6) is 0.232. The number of ether oxygens (including phenoxy) is 1. The highest BCUT2D eigenvalue weighted by Gasteiger charge is 2.28. The van der Waals surface area contributed by atoms with Gasteiger partial charge in [-0.05, 0) is 30.5 Å². The van der Waals surface area contributed by atoms with Crippen LogP contribution in [0.15, 0.2) is 12.1 Å². The second-order valence-electron chi connectivity index (χ2n) is 5.86. The predicted molar refractivity (Wildman–Crippen MR) is 89.2 cm³/mol. The zero-order chi connectivity index (χ0) is 16.1. The Morgan fingerprint density at radius 2 is 2.00 bits per heavy atom. The van der Waals surface area contributed by atoms with Crippen LogP contribution in [-0.4, -0.2) is 37.7 Å². The number of hydrogen-bond donors (Lipinski definition) is 1. The van der Waals surface area contributed by atoms with Gasteiger partial charge in [-0.3, -0.25) is 4.90 Å². The zero-order valence-corrected chi connectivity index (χ0v) is 14.4. The van der Waals surface area contributed by atoms with Crippen LogP contribution in [0, 0.1) is 11.7 Å². The van der Waals surface area contributed by atoms with Crippen molar-refractivity contribution in [3.63, 3.8) is 0 Å². The molecule has 5 heteroatoms. The van der Waals surface area contributed by atoms with Crippen molar-refractivity contribution in [2.24, 2.45) is 5.92 Å². The minimum atomic E-state index is -0.368. The van der Waals surface area contributed by atoms with E-state index in [1.807, 2.05) is 13.0 Å². The van der Waals surface area contributed by atoms with Gasteiger partial charge in [-0.1, -0.05) is 31.9 Å². The highest BCUT2D eigenvalue weighted by molar-refractivity contribution is 6.32. The molecule has 1 aliphatic heterocycles. The van der Waals surface area contributed by atoms with Gasteiger partial charge in [-0.25, -0.2) is 4.39 Å². The second-order valence-corrected chi connectivity index (χ2v) is 6.27. The number of nitrogens with zero attached hydrogens (tertiary/aromatic N) is 1. The molecule has 0 amide bonds. The van der Waals surface area contributed by atoms with Gasteiger partial charge in [0.15, 0.2) is 11.6 Å². The van der Waals surface area contributed by atoms with Gasteiger partial charge in [0.1, 0.15) is 0 Å². The van der Waals surface area contributed by atoms with E-state index in [0.717, 1.165) is 38.2 Å². The van der Waals surface area contributed by atoms with E-state index in [4.69, 9.17) is 16.3 Å². The zero-order valence-electron chi connectivity index (χ0n) is 13.7. The number of hydrogen-bond acceptors (Lipinski definition) is 3. The SMILES string of the molecule is CCOc1c(F)cc([C@@H](C(C)CC)N2CCNCC2)cc1Cl. The van der Waals surface area contributed by atoms with Crippen LogP contribution >= 0.6 is 11.6 Å². The van der Waals surface area contributed by atoms with Crippen molar-refractivity contribution < 1.29 is 9.13 Å². The van der Waals surface area contributed by atoms with Crippen molar-refractivity contribution in [3.8, 4) is 5.75 Å². The first kappa shape index (κ1) is 17.5. The molecule has 0 spiro atoms. The monoisotopic (exact) mass is 328 g/mol. The Morgan fingerprint density at radius 3 is 2.55 bits per heavy atom. The number of halogens is 2. The Morgan fingerprint density at radius 1 is 1.32 bits per heavy atom. The van der Waals surface area contributed by atoms with Crippen molar-refractivity contribution in [3.05, 3.63) is 28.5 Å². The Bertz CT molecular complexity index is 469. The van der Waals surface area contributed by atoms with Crippen LogP contribution in [0.2, 0.25) is 5.02 Å². The van der Waals surface area contributed by atoms with Gasteiger partial charge in [-0.2, -0.15) is 0 Å². The summed E-state index contributed by atoms with van der Waals surface area (Å²) in [6.07, 6.45) is 1.04. The molecule has 2 rings (SSSR count). The number of piperazine rings is 1. The van der Waals surface area contributed by atoms with Gasteiger partial charge in [0, 0.05) is 32.2 Å². The average Bonchev–Trinajstić information content (AvgIpc) is 2.52. The highest BCUT2D eigenvalue weighted by Crippen LogP contribution is 2.37. The van der Waals surface area contributed by atoms with Gasteiger partial charge in [0.05, 0.1) is 11.6 Å². The number of nitrogens with one attached hydrogen (secondary N) is 1. The van der Waals surface area contributed by atoms with Crippen molar-refractivity contribution in [2.75, 3.05) is 32.8 Å². The first-order valence-corrected chi connectivity index (χ1v) is 8.52. The van der Waals surface area contributed by atoms with E-state index in [1.165, 1.54) is 0 Å². The first-order chi connectivity index (χ1) is 10.6. The number of rotatable bonds is 6. The molecule has 22 heavy (non-hydrogen) atoms. The Balaban J connectivity index is 2.34. The average molecular weight is 329 g/mol. The Hall–Kier alpha value is -0.840. The molecule has 1 heterocycles. The lowest BCUT2D eigenvalue weighted by molar-refractivity contribution is 0.128. The maximum absolute atomic E-state index is 14.4. The lowest BCUT2D eigenvalue weighted by atomic mass is 9.90. The van der Waals surface area contributed by atoms with Crippen molar-refractivity contribution in [1.82, 2.24) is 10.2 Å². The van der Waals surface area contributed by atoms with Crippen LogP contribution in [0.4, 0.5) is 4.39 Å². The van der Waals surface area contributed by atoms with Gasteiger partial charge in [0.2, 0.25) is 0 Å². The molecule has 0 bridgehead atoms. The normalized spacial score (nSPS) is 19.0. The molecule has 0 radical (unpaired) electrons. The molecule has 0 aromatic heterocycles. The smallest absolute Gasteiger partial charge is 0.173 e. The third-order valence-corrected chi connectivity index (χ3v) is 4.66. The van der Waals surface area contributed by atoms with E-state index < -0.39 is 0 Å². The third-order valence-electron chi connectivity index (χ3n) is 4.38. The summed E-state index contributed by atoms with van der Waals surface area (Å²) in [5.41, 5.74) is 0.946. The van der Waals surface area contributed by atoms with E-state index in [0.29, 0.717) is 17.5 Å². The molecule has 124 valence electrons. The molecular weight excluding hydrogens is 303 g/mol. The molecule has 0 aliphatic carbocycles. The van der Waals surface area contributed by atoms with E-state index in [1.54, 1.807) is 6.07 Å². The van der Waals surface area contributed by atoms with E-state index >= 15 is 0 Å². The molecule has 2 atom stereocenters. The highest BCUT2D eigenvalue weighted by atomic mass is 35.5. The molecule has 1 aromatic rings. The quantitative estimate of drug-likeness (QED) is 0.858. The topological polar surface area (TPSA) is 24.5 Å². The standard InChI is InChI=1S/C17H26ClFN2O/c1-4-12(3)16(21-8-6-20-7-9-21)13-10-14(18)17(22-5-2)15(19)11-13/h10-12,16,20H,4-9H2,1-3H3/t12?,16-/m1/s1. The second kappa shape index (κ2) is 8.14. The number of benzene rings is 1. The molecule has 0 saturated carbocycles. The maximum atomic E-state index is 14.4. The van der Waals surface area contributed by atoms with Gasteiger partial charge in [-0.15, -0.1) is 0 Å². The summed E-state index contributed by atoms with van der Waals surface area (Å²) in [6.45, 7) is 10.5. The summed E-state index contributed by atoms with van der Waals surface area (Å²) in [6, 6.07) is 3.65. The largest absolute Gasteiger partial charge is 0.489 e. The van der Waals surface area contributed by atoms with E-state index in [9.17, 15) is 4.39 Å². The fourth-order valence-corrected chi connectivity index (χ4v) is 3.39. The van der Waals surface area contributed by atoms with Crippen molar-refractivity contribution >= 4 is 11.6 Å². The molecule has 1 saturated heterocycles. The van der Waals surface area contributed by atoms with Crippen LogP contribution in [0.1, 0.15) is 38.8 Å². The first-order valence-electron chi connectivity index (χ1n) is 8.15. The molecule has 1 fully saturated rings. The fraction of sp³-hybridized carbons (Fsp3) is 0.647. The van der Waals surface area contributed by atoms with Crippen LogP contribution in [-0.2, 0) is 0 Å². The van der Waals surface area contributed by atoms with Gasteiger partial charge < -0.3 is 10.1 Å². The third kappa shape index (κ3) is 3.92. The molecule has 1 N–H and O–H groups in total. The van der Waals surface area contributed by atoms with E-state index in [-0.39, 0.29) is 17.6 Å². The lowest BCUT2D eigenvalue weighted by Crippen LogP contribution is -2.46. The Kier molecular flexibility index (Phi) is 6.48. The molecular formula is C17H26ClFN2O. The summed E-state index contributed by atoms with van der Waals surface area (Å²) >= 11 is 6.25. The van der Waals surface area contributed by atoms with Crippen LogP contribution in [0.3, 0.4) is 0 Å². The summed E-state index contributed by atoms with van der Waals surface area (Å²) < 4.78 is 19.7. The lowest BCUT2D eigenvalue weighted by Gasteiger charge is -2.38. The summed E-state index contributed by atoms with van der Waals surface area (Å²) in [5, 5.41) is 3.73.